The van der Waals surface area contributed by atoms with Crippen LogP contribution >= 0.6 is 13.5 Å². The van der Waals surface area contributed by atoms with Gasteiger partial charge in [0.2, 0.25) is 0 Å². The number of carboxylic acids is 2. The van der Waals surface area contributed by atoms with E-state index in [1.807, 2.05) is 0 Å². The van der Waals surface area contributed by atoms with Crippen molar-refractivity contribution in [1.82, 2.24) is 0 Å². The summed E-state index contributed by atoms with van der Waals surface area (Å²) in [4.78, 5) is 20.4. The number of hydrogen-bond acceptors (Lipinski definition) is 2. The van der Waals surface area contributed by atoms with Crippen LogP contribution < -0.4 is 0 Å². The molecule has 6 heteroatoms. The Balaban J connectivity index is -0.000000231. The Bertz CT molecular complexity index is 398. The topological polar surface area (TPSA) is 74.6 Å². The molecule has 0 atom stereocenters. The third kappa shape index (κ3) is 56.3. The van der Waals surface area contributed by atoms with E-state index in [0.717, 1.165) is 25.7 Å². The predicted molar refractivity (Wildman–Crippen MR) is 172 cm³/mol. The summed E-state index contributed by atoms with van der Waals surface area (Å²) in [6.07, 6.45) is 28.8. The molecular weight excluding hydrogens is 599 g/mol. The summed E-state index contributed by atoms with van der Waals surface area (Å²) in [5, 5.41) is 16.8. The number of aliphatic carboxylic acids is 2. The van der Waals surface area contributed by atoms with Crippen LogP contribution in [0.1, 0.15) is 182 Å². The molecule has 0 aromatic heterocycles. The molecule has 0 saturated carbocycles. The normalized spacial score (nSPS) is 10.0. The molecule has 4 nitrogen and oxygen atoms in total. The van der Waals surface area contributed by atoms with E-state index >= 15 is 0 Å². The first-order chi connectivity index (χ1) is 18.0. The second-order valence-corrected chi connectivity index (χ2v) is 14.7. The minimum absolute atomic E-state index is 0. The van der Waals surface area contributed by atoms with Crippen LogP contribution in [0.3, 0.4) is 0 Å². The van der Waals surface area contributed by atoms with Crippen LogP contribution in [0, 0.1) is 0 Å². The Labute approximate surface area is 256 Å². The fourth-order valence-electron chi connectivity index (χ4n) is 3.90. The van der Waals surface area contributed by atoms with Gasteiger partial charge >= 0.3 is 81.5 Å². The molecule has 0 amide bonds. The maximum absolute atomic E-state index is 10.2. The minimum Gasteiger partial charge on any atom is 0 e. The molecule has 0 fully saturated rings. The quantitative estimate of drug-likeness (QED) is 0.0712. The molecule has 4 radical (unpaired) electrons. The van der Waals surface area contributed by atoms with Crippen LogP contribution in [0.5, 0.6) is 0 Å². The molecule has 0 spiro atoms. The molecule has 38 heavy (non-hydrogen) atoms. The van der Waals surface area contributed by atoms with E-state index in [2.05, 4.69) is 27.7 Å². The standard InChI is InChI=1S/2C12H24O2.2C4H9.S.Sn/c2*1-2-3-4-5-6-7-8-9-10-11-12(13)14;2*1-3-4-2;;/h2*2-11H2,1H3,(H,13,14);2*1,3-4H2,2H3;;. The van der Waals surface area contributed by atoms with Gasteiger partial charge < -0.3 is 10.2 Å². The van der Waals surface area contributed by atoms with Crippen molar-refractivity contribution >= 4 is 46.6 Å². The minimum atomic E-state index is -0.659. The van der Waals surface area contributed by atoms with Gasteiger partial charge in [0.05, 0.1) is 0 Å². The molecule has 0 aliphatic carbocycles. The van der Waals surface area contributed by atoms with Crippen LogP contribution in [-0.2, 0) is 9.59 Å². The second kappa shape index (κ2) is 44.1. The number of carboxylic acid groups (broad SMARTS) is 2. The first kappa shape index (κ1) is 45.1. The summed E-state index contributed by atoms with van der Waals surface area (Å²) in [6.45, 7) is 9.04. The van der Waals surface area contributed by atoms with Crippen LogP contribution in [0.4, 0.5) is 0 Å². The van der Waals surface area contributed by atoms with E-state index in [0.29, 0.717) is 12.8 Å². The predicted octanol–water partition coefficient (Wildman–Crippen LogP) is 11.8. The van der Waals surface area contributed by atoms with Crippen LogP contribution in [0.2, 0.25) is 8.87 Å². The van der Waals surface area contributed by atoms with Gasteiger partial charge in [-0.3, -0.25) is 9.59 Å². The van der Waals surface area contributed by atoms with Crippen LogP contribution in [-0.4, -0.2) is 43.3 Å². The van der Waals surface area contributed by atoms with Crippen LogP contribution in [0.15, 0.2) is 0 Å². The number of unbranched alkanes of at least 4 members (excludes halogenated alkanes) is 18. The summed E-state index contributed by atoms with van der Waals surface area (Å²) in [7, 11) is 0. The van der Waals surface area contributed by atoms with E-state index in [-0.39, 0.29) is 34.6 Å². The van der Waals surface area contributed by atoms with E-state index in [1.165, 1.54) is 116 Å². The van der Waals surface area contributed by atoms with Crippen molar-refractivity contribution < 1.29 is 19.8 Å². The Hall–Kier alpha value is 0.0887. The van der Waals surface area contributed by atoms with Crippen molar-refractivity contribution in [3.05, 3.63) is 0 Å². The zero-order chi connectivity index (χ0) is 28.2. The number of hydrogen-bond donors (Lipinski definition) is 2. The molecule has 0 aliphatic heterocycles. The van der Waals surface area contributed by atoms with Crippen molar-refractivity contribution in [1.29, 1.82) is 0 Å². The molecule has 228 valence electrons. The van der Waals surface area contributed by atoms with Gasteiger partial charge in [0, 0.05) is 26.3 Å². The van der Waals surface area contributed by atoms with Crippen LogP contribution in [0.25, 0.3) is 0 Å². The van der Waals surface area contributed by atoms with Gasteiger partial charge in [-0.15, -0.1) is 0 Å². The molecule has 2 N–H and O–H groups in total. The zero-order valence-corrected chi connectivity index (χ0v) is 29.7. The van der Waals surface area contributed by atoms with Gasteiger partial charge in [0.25, 0.3) is 0 Å². The average Bonchev–Trinajstić information content (AvgIpc) is 2.87. The van der Waals surface area contributed by atoms with Gasteiger partial charge in [-0.25, -0.2) is 0 Å². The fourth-order valence-corrected chi connectivity index (χ4v) is 8.06. The first-order valence-electron chi connectivity index (χ1n) is 16.1. The summed E-state index contributed by atoms with van der Waals surface area (Å²) < 4.78 is 3.25. The van der Waals surface area contributed by atoms with E-state index < -0.39 is 11.9 Å². The Kier molecular flexibility index (Phi) is 52.3. The third-order valence-corrected chi connectivity index (χ3v) is 10.4. The van der Waals surface area contributed by atoms with Gasteiger partial charge in [-0.2, -0.15) is 0 Å². The third-order valence-electron chi connectivity index (χ3n) is 6.40. The molecule has 0 saturated heterocycles. The SMILES string of the molecule is CCCCCCCCCCCC(=O)O.CCCCCCCCCCCC(=O)O.CCC[CH2][Sn][CH2]CCC.[S]. The summed E-state index contributed by atoms with van der Waals surface area (Å²) >= 11 is 0.149. The molecule has 0 unspecified atom stereocenters. The van der Waals surface area contributed by atoms with Crippen molar-refractivity contribution in [3.8, 4) is 0 Å². The Morgan fingerprint density at radius 3 is 0.895 bits per heavy atom. The van der Waals surface area contributed by atoms with Gasteiger partial charge in [-0.05, 0) is 12.8 Å². The number of rotatable bonds is 26. The van der Waals surface area contributed by atoms with Crippen molar-refractivity contribution in [2.75, 3.05) is 0 Å². The van der Waals surface area contributed by atoms with Crippen molar-refractivity contribution in [3.63, 3.8) is 0 Å². The largest absolute Gasteiger partial charge is 0 e. The Morgan fingerprint density at radius 1 is 0.421 bits per heavy atom. The first-order valence-corrected chi connectivity index (χ1v) is 20.1. The van der Waals surface area contributed by atoms with Crippen molar-refractivity contribution in [2.24, 2.45) is 0 Å². The smallest absolute Gasteiger partial charge is 0 e. The maximum Gasteiger partial charge on any atom is 0 e. The monoisotopic (exact) mass is 666 g/mol. The second-order valence-electron chi connectivity index (χ2n) is 10.4. The molecule has 0 aliphatic rings. The van der Waals surface area contributed by atoms with E-state index in [4.69, 9.17) is 10.2 Å². The molecule has 0 heterocycles. The summed E-state index contributed by atoms with van der Waals surface area (Å²) in [5.41, 5.74) is 0. The Morgan fingerprint density at radius 2 is 0.658 bits per heavy atom. The summed E-state index contributed by atoms with van der Waals surface area (Å²) in [5.74, 6) is -1.32. The van der Waals surface area contributed by atoms with Gasteiger partial charge in [-0.1, -0.05) is 117 Å². The van der Waals surface area contributed by atoms with E-state index in [9.17, 15) is 9.59 Å². The number of carbonyl (C=O) groups is 2. The molecule has 0 aromatic rings. The maximum atomic E-state index is 10.2. The molecule has 0 rings (SSSR count). The van der Waals surface area contributed by atoms with Gasteiger partial charge in [0.1, 0.15) is 0 Å². The summed E-state index contributed by atoms with van der Waals surface area (Å²) in [6, 6.07) is 0. The average molecular weight is 666 g/mol. The fraction of sp³-hybridized carbons (Fsp3) is 0.938. The van der Waals surface area contributed by atoms with Crippen molar-refractivity contribution in [2.45, 2.75) is 191 Å². The van der Waals surface area contributed by atoms with Gasteiger partial charge in [0.15, 0.2) is 0 Å². The zero-order valence-electron chi connectivity index (χ0n) is 26.0. The molecule has 0 bridgehead atoms. The van der Waals surface area contributed by atoms with E-state index in [1.54, 1.807) is 8.87 Å². The molecule has 0 aromatic carbocycles. The molecular formula is C32H66O4SSn.